The van der Waals surface area contributed by atoms with Gasteiger partial charge in [0, 0.05) is 7.05 Å². The molecule has 1 aliphatic rings. The van der Waals surface area contributed by atoms with Crippen LogP contribution in [-0.4, -0.2) is 36.2 Å². The molecular weight excluding hydrogens is 365 g/mol. The molecule has 0 fully saturated rings. The van der Waals surface area contributed by atoms with Crippen LogP contribution >= 0.6 is 23.2 Å². The molecule has 3 rings (SSSR count). The summed E-state index contributed by atoms with van der Waals surface area (Å²) in [5.74, 6) is -1.65. The molecule has 0 bridgehead atoms. The minimum atomic E-state index is -0.573. The van der Waals surface area contributed by atoms with Crippen LogP contribution in [0.15, 0.2) is 42.5 Å². The molecule has 1 N–H and O–H groups in total. The SMILES string of the molecule is CN(NC(=O)CN1C(=O)c2cc(Cl)c(Cl)cc2C1=O)c1ccccc1. The molecule has 1 aliphatic heterocycles. The average molecular weight is 378 g/mol. The number of hydrogen-bond donors (Lipinski definition) is 1. The number of imide groups is 1. The van der Waals surface area contributed by atoms with E-state index in [1.165, 1.54) is 17.1 Å². The van der Waals surface area contributed by atoms with Gasteiger partial charge in [0.15, 0.2) is 0 Å². The van der Waals surface area contributed by atoms with E-state index < -0.39 is 24.3 Å². The first-order valence-electron chi connectivity index (χ1n) is 7.32. The number of hydrogen-bond acceptors (Lipinski definition) is 4. The summed E-state index contributed by atoms with van der Waals surface area (Å²) in [5, 5.41) is 1.86. The molecule has 2 aromatic rings. The third kappa shape index (κ3) is 3.31. The highest BCUT2D eigenvalue weighted by Gasteiger charge is 2.37. The van der Waals surface area contributed by atoms with Crippen LogP contribution in [0.3, 0.4) is 0 Å². The van der Waals surface area contributed by atoms with Crippen LogP contribution in [0.5, 0.6) is 0 Å². The van der Waals surface area contributed by atoms with Crippen molar-refractivity contribution in [3.05, 3.63) is 63.6 Å². The molecule has 0 radical (unpaired) electrons. The fraction of sp³-hybridized carbons (Fsp3) is 0.118. The maximum absolute atomic E-state index is 12.4. The number of halogens is 2. The van der Waals surface area contributed by atoms with Crippen LogP contribution in [0.25, 0.3) is 0 Å². The topological polar surface area (TPSA) is 69.7 Å². The summed E-state index contributed by atoms with van der Waals surface area (Å²) >= 11 is 11.8. The van der Waals surface area contributed by atoms with E-state index in [0.29, 0.717) is 0 Å². The third-order valence-corrected chi connectivity index (χ3v) is 4.47. The first-order valence-corrected chi connectivity index (χ1v) is 8.07. The van der Waals surface area contributed by atoms with Crippen molar-refractivity contribution in [1.82, 2.24) is 10.3 Å². The first-order chi connectivity index (χ1) is 11.9. The zero-order valence-electron chi connectivity index (χ0n) is 13.1. The summed E-state index contributed by atoms with van der Waals surface area (Å²) in [7, 11) is 1.66. The molecule has 0 aromatic heterocycles. The van der Waals surface area contributed by atoms with Crippen molar-refractivity contribution in [2.75, 3.05) is 18.6 Å². The number of para-hydroxylation sites is 1. The largest absolute Gasteiger partial charge is 0.289 e. The number of carbonyl (C=O) groups is 3. The van der Waals surface area contributed by atoms with E-state index in [1.54, 1.807) is 7.05 Å². The van der Waals surface area contributed by atoms with Gasteiger partial charge in [-0.25, -0.2) is 0 Å². The highest BCUT2D eigenvalue weighted by molar-refractivity contribution is 6.43. The summed E-state index contributed by atoms with van der Waals surface area (Å²) < 4.78 is 0. The molecule has 25 heavy (non-hydrogen) atoms. The number of hydrazine groups is 1. The Hall–Kier alpha value is -2.57. The molecule has 6 nitrogen and oxygen atoms in total. The van der Waals surface area contributed by atoms with E-state index in [0.717, 1.165) is 10.6 Å². The summed E-state index contributed by atoms with van der Waals surface area (Å²) in [6.45, 7) is -0.404. The van der Waals surface area contributed by atoms with Crippen molar-refractivity contribution in [1.29, 1.82) is 0 Å². The zero-order chi connectivity index (χ0) is 18.1. The highest BCUT2D eigenvalue weighted by atomic mass is 35.5. The quantitative estimate of drug-likeness (QED) is 0.656. The fourth-order valence-corrected chi connectivity index (χ4v) is 2.84. The Morgan fingerprint density at radius 3 is 2.08 bits per heavy atom. The zero-order valence-corrected chi connectivity index (χ0v) is 14.6. The van der Waals surface area contributed by atoms with E-state index in [4.69, 9.17) is 23.2 Å². The molecule has 1 heterocycles. The van der Waals surface area contributed by atoms with Crippen molar-refractivity contribution >= 4 is 46.6 Å². The smallest absolute Gasteiger partial charge is 0.262 e. The number of benzene rings is 2. The molecule has 3 amide bonds. The predicted octanol–water partition coefficient (Wildman–Crippen LogP) is 2.76. The van der Waals surface area contributed by atoms with Gasteiger partial charge in [-0.15, -0.1) is 0 Å². The molecule has 0 spiro atoms. The number of nitrogens with one attached hydrogen (secondary N) is 1. The standard InChI is InChI=1S/C17H13Cl2N3O3/c1-21(10-5-3-2-4-6-10)20-15(23)9-22-16(24)11-7-13(18)14(19)8-12(11)17(22)25/h2-8H,9H2,1H3,(H,20,23). The van der Waals surface area contributed by atoms with Crippen molar-refractivity contribution in [3.63, 3.8) is 0 Å². The molecular formula is C17H13Cl2N3O3. The van der Waals surface area contributed by atoms with Gasteiger partial charge < -0.3 is 0 Å². The molecule has 0 saturated heterocycles. The van der Waals surface area contributed by atoms with E-state index in [9.17, 15) is 14.4 Å². The van der Waals surface area contributed by atoms with Crippen molar-refractivity contribution in [2.45, 2.75) is 0 Å². The van der Waals surface area contributed by atoms with Gasteiger partial charge in [0.1, 0.15) is 6.54 Å². The number of amides is 3. The second-order valence-corrected chi connectivity index (χ2v) is 6.25. The van der Waals surface area contributed by atoms with Crippen LogP contribution < -0.4 is 10.4 Å². The van der Waals surface area contributed by atoms with E-state index >= 15 is 0 Å². The lowest BCUT2D eigenvalue weighted by atomic mass is 10.1. The third-order valence-electron chi connectivity index (χ3n) is 3.75. The lowest BCUT2D eigenvalue weighted by Gasteiger charge is -2.21. The monoisotopic (exact) mass is 377 g/mol. The maximum atomic E-state index is 12.4. The fourth-order valence-electron chi connectivity index (χ4n) is 2.51. The second kappa shape index (κ2) is 6.74. The van der Waals surface area contributed by atoms with Gasteiger partial charge in [0.25, 0.3) is 17.7 Å². The van der Waals surface area contributed by atoms with Gasteiger partial charge in [-0.1, -0.05) is 41.4 Å². The van der Waals surface area contributed by atoms with Crippen LogP contribution in [0, 0.1) is 0 Å². The summed E-state index contributed by atoms with van der Waals surface area (Å²) in [6, 6.07) is 11.8. The summed E-state index contributed by atoms with van der Waals surface area (Å²) in [5.41, 5.74) is 3.66. The molecule has 0 unspecified atom stereocenters. The lowest BCUT2D eigenvalue weighted by molar-refractivity contribution is -0.121. The molecule has 0 aliphatic carbocycles. The number of carbonyl (C=O) groups excluding carboxylic acids is 3. The first kappa shape index (κ1) is 17.3. The Balaban J connectivity index is 1.72. The predicted molar refractivity (Wildman–Crippen MR) is 94.8 cm³/mol. The van der Waals surface area contributed by atoms with Crippen LogP contribution in [0.2, 0.25) is 10.0 Å². The van der Waals surface area contributed by atoms with Gasteiger partial charge in [-0.05, 0) is 24.3 Å². The normalized spacial score (nSPS) is 13.0. The Bertz CT molecular complexity index is 830. The number of rotatable bonds is 4. The van der Waals surface area contributed by atoms with Gasteiger partial charge in [0.05, 0.1) is 26.9 Å². The Kier molecular flexibility index (Phi) is 4.65. The second-order valence-electron chi connectivity index (χ2n) is 5.44. The van der Waals surface area contributed by atoms with Gasteiger partial charge in [0.2, 0.25) is 0 Å². The van der Waals surface area contributed by atoms with Crippen molar-refractivity contribution in [2.24, 2.45) is 0 Å². The molecule has 2 aromatic carbocycles. The minimum absolute atomic E-state index is 0.142. The van der Waals surface area contributed by atoms with Crippen LogP contribution in [0.4, 0.5) is 5.69 Å². The summed E-state index contributed by atoms with van der Waals surface area (Å²) in [4.78, 5) is 37.8. The Morgan fingerprint density at radius 1 is 1.04 bits per heavy atom. The van der Waals surface area contributed by atoms with Crippen molar-refractivity contribution in [3.8, 4) is 0 Å². The van der Waals surface area contributed by atoms with Gasteiger partial charge in [-0.2, -0.15) is 0 Å². The highest BCUT2D eigenvalue weighted by Crippen LogP contribution is 2.31. The van der Waals surface area contributed by atoms with Crippen molar-refractivity contribution < 1.29 is 14.4 Å². The lowest BCUT2D eigenvalue weighted by Crippen LogP contribution is -2.46. The molecule has 8 heteroatoms. The molecule has 0 saturated carbocycles. The average Bonchev–Trinajstić information content (AvgIpc) is 2.81. The van der Waals surface area contributed by atoms with Crippen LogP contribution in [-0.2, 0) is 4.79 Å². The van der Waals surface area contributed by atoms with E-state index in [2.05, 4.69) is 5.43 Å². The maximum Gasteiger partial charge on any atom is 0.262 e. The molecule has 128 valence electrons. The minimum Gasteiger partial charge on any atom is -0.289 e. The number of fused-ring (bicyclic) bond motifs is 1. The van der Waals surface area contributed by atoms with Gasteiger partial charge in [-0.3, -0.25) is 29.7 Å². The summed E-state index contributed by atoms with van der Waals surface area (Å²) in [6.07, 6.45) is 0. The van der Waals surface area contributed by atoms with E-state index in [-0.39, 0.29) is 21.2 Å². The molecule has 0 atom stereocenters. The number of anilines is 1. The Labute approximate surface area is 153 Å². The van der Waals surface area contributed by atoms with E-state index in [1.807, 2.05) is 30.3 Å². The Morgan fingerprint density at radius 2 is 1.56 bits per heavy atom. The number of nitrogens with zero attached hydrogens (tertiary/aromatic N) is 2. The van der Waals surface area contributed by atoms with Gasteiger partial charge >= 0.3 is 0 Å². The van der Waals surface area contributed by atoms with Crippen LogP contribution in [0.1, 0.15) is 20.7 Å².